The molecule has 8 heteroatoms. The number of carbonyl (C=O) groups is 1. The molecule has 2 aromatic rings. The number of hydrogen-bond donors (Lipinski definition) is 4. The summed E-state index contributed by atoms with van der Waals surface area (Å²) in [7, 11) is 1.60. The number of nitrogens with one attached hydrogen (secondary N) is 4. The van der Waals surface area contributed by atoms with Crippen molar-refractivity contribution in [1.82, 2.24) is 10.9 Å². The molecule has 0 radical (unpaired) electrons. The predicted octanol–water partition coefficient (Wildman–Crippen LogP) is 2.78. The quantitative estimate of drug-likeness (QED) is 0.483. The minimum atomic E-state index is -0.258. The number of amides is 1. The van der Waals surface area contributed by atoms with E-state index in [1.54, 1.807) is 31.4 Å². The lowest BCUT2D eigenvalue weighted by Gasteiger charge is -2.12. The molecule has 0 atom stereocenters. The summed E-state index contributed by atoms with van der Waals surface area (Å²) in [5.41, 5.74) is 6.71. The molecule has 2 rings (SSSR count). The SMILES string of the molecule is COc1ccc(NCC(=O)NNC(=S)Nc2ccc(Cl)cc2)cc1. The van der Waals surface area contributed by atoms with Crippen molar-refractivity contribution in [3.8, 4) is 5.75 Å². The molecule has 1 amide bonds. The van der Waals surface area contributed by atoms with Gasteiger partial charge in [-0.25, -0.2) is 0 Å². The van der Waals surface area contributed by atoms with Gasteiger partial charge in [-0.1, -0.05) is 11.6 Å². The molecule has 0 aliphatic rings. The van der Waals surface area contributed by atoms with Crippen LogP contribution in [-0.2, 0) is 4.79 Å². The molecular weight excluding hydrogens is 348 g/mol. The summed E-state index contributed by atoms with van der Waals surface area (Å²) in [4.78, 5) is 11.8. The maximum absolute atomic E-state index is 11.8. The van der Waals surface area contributed by atoms with E-state index < -0.39 is 0 Å². The number of ether oxygens (including phenoxy) is 1. The molecule has 0 bridgehead atoms. The van der Waals surface area contributed by atoms with E-state index in [4.69, 9.17) is 28.6 Å². The molecule has 0 aliphatic heterocycles. The molecule has 0 heterocycles. The van der Waals surface area contributed by atoms with Gasteiger partial charge in [-0.15, -0.1) is 0 Å². The first-order valence-electron chi connectivity index (χ1n) is 7.06. The molecule has 4 N–H and O–H groups in total. The lowest BCUT2D eigenvalue weighted by molar-refractivity contribution is -0.119. The number of thiocarbonyl (C=S) groups is 1. The largest absolute Gasteiger partial charge is 0.497 e. The van der Waals surface area contributed by atoms with Gasteiger partial charge in [0.15, 0.2) is 5.11 Å². The highest BCUT2D eigenvalue weighted by Crippen LogP contribution is 2.14. The average molecular weight is 365 g/mol. The molecular formula is C16H17ClN4O2S. The topological polar surface area (TPSA) is 74.4 Å². The number of hydrazine groups is 1. The molecule has 0 aliphatic carbocycles. The van der Waals surface area contributed by atoms with Crippen LogP contribution in [-0.4, -0.2) is 24.7 Å². The van der Waals surface area contributed by atoms with Crippen LogP contribution >= 0.6 is 23.8 Å². The lowest BCUT2D eigenvalue weighted by Crippen LogP contribution is -2.45. The second kappa shape index (κ2) is 8.95. The highest BCUT2D eigenvalue weighted by molar-refractivity contribution is 7.80. The van der Waals surface area contributed by atoms with E-state index >= 15 is 0 Å². The fraction of sp³-hybridized carbons (Fsp3) is 0.125. The molecule has 0 saturated heterocycles. The van der Waals surface area contributed by atoms with Gasteiger partial charge in [-0.05, 0) is 60.7 Å². The van der Waals surface area contributed by atoms with E-state index in [2.05, 4.69) is 21.5 Å². The number of carbonyl (C=O) groups excluding carboxylic acids is 1. The van der Waals surface area contributed by atoms with Crippen molar-refractivity contribution >= 4 is 46.2 Å². The third kappa shape index (κ3) is 5.94. The van der Waals surface area contributed by atoms with Gasteiger partial charge in [0.2, 0.25) is 0 Å². The molecule has 0 spiro atoms. The number of rotatable bonds is 5. The summed E-state index contributed by atoms with van der Waals surface area (Å²) in [5.74, 6) is 0.497. The van der Waals surface area contributed by atoms with Crippen LogP contribution in [0, 0.1) is 0 Å². The van der Waals surface area contributed by atoms with Crippen molar-refractivity contribution in [2.45, 2.75) is 0 Å². The summed E-state index contributed by atoms with van der Waals surface area (Å²) < 4.78 is 5.07. The normalized spacial score (nSPS) is 9.75. The number of hydrogen-bond acceptors (Lipinski definition) is 4. The number of anilines is 2. The Hall–Kier alpha value is -2.51. The lowest BCUT2D eigenvalue weighted by atomic mass is 10.3. The fourth-order valence-electron chi connectivity index (χ4n) is 1.76. The van der Waals surface area contributed by atoms with Gasteiger partial charge < -0.3 is 15.4 Å². The zero-order chi connectivity index (χ0) is 17.4. The van der Waals surface area contributed by atoms with Crippen molar-refractivity contribution in [1.29, 1.82) is 0 Å². The Morgan fingerprint density at radius 3 is 2.29 bits per heavy atom. The first-order chi connectivity index (χ1) is 11.6. The molecule has 0 aromatic heterocycles. The third-order valence-electron chi connectivity index (χ3n) is 2.96. The monoisotopic (exact) mass is 364 g/mol. The molecule has 0 saturated carbocycles. The Labute approximate surface area is 150 Å². The molecule has 6 nitrogen and oxygen atoms in total. The van der Waals surface area contributed by atoms with Crippen LogP contribution in [0.4, 0.5) is 11.4 Å². The molecule has 24 heavy (non-hydrogen) atoms. The zero-order valence-electron chi connectivity index (χ0n) is 12.9. The van der Waals surface area contributed by atoms with Gasteiger partial charge in [-0.3, -0.25) is 15.6 Å². The Kier molecular flexibility index (Phi) is 6.65. The predicted molar refractivity (Wildman–Crippen MR) is 100 cm³/mol. The van der Waals surface area contributed by atoms with Crippen LogP contribution < -0.4 is 26.2 Å². The van der Waals surface area contributed by atoms with Crippen LogP contribution in [0.2, 0.25) is 5.02 Å². The average Bonchev–Trinajstić information content (AvgIpc) is 2.60. The Morgan fingerprint density at radius 1 is 1.04 bits per heavy atom. The summed E-state index contributed by atoms with van der Waals surface area (Å²) in [6, 6.07) is 14.3. The second-order valence-corrected chi connectivity index (χ2v) is 5.56. The minimum absolute atomic E-state index is 0.100. The number of benzene rings is 2. The van der Waals surface area contributed by atoms with Crippen molar-refractivity contribution < 1.29 is 9.53 Å². The Balaban J connectivity index is 1.70. The molecule has 0 fully saturated rings. The van der Waals surface area contributed by atoms with Gasteiger partial charge in [0.05, 0.1) is 13.7 Å². The van der Waals surface area contributed by atoms with Crippen molar-refractivity contribution in [2.75, 3.05) is 24.3 Å². The second-order valence-electron chi connectivity index (χ2n) is 4.72. The zero-order valence-corrected chi connectivity index (χ0v) is 14.5. The van der Waals surface area contributed by atoms with Crippen LogP contribution in [0.3, 0.4) is 0 Å². The highest BCUT2D eigenvalue weighted by atomic mass is 35.5. The van der Waals surface area contributed by atoms with Gasteiger partial charge >= 0.3 is 0 Å². The third-order valence-corrected chi connectivity index (χ3v) is 3.42. The van der Waals surface area contributed by atoms with Gasteiger partial charge in [0.1, 0.15) is 5.75 Å². The molecule has 126 valence electrons. The smallest absolute Gasteiger partial charge is 0.257 e. The van der Waals surface area contributed by atoms with Gasteiger partial charge in [0.25, 0.3) is 5.91 Å². The Morgan fingerprint density at radius 2 is 1.67 bits per heavy atom. The number of halogens is 1. The van der Waals surface area contributed by atoms with Crippen molar-refractivity contribution in [2.24, 2.45) is 0 Å². The maximum Gasteiger partial charge on any atom is 0.257 e. The van der Waals surface area contributed by atoms with Crippen LogP contribution in [0.15, 0.2) is 48.5 Å². The first kappa shape index (κ1) is 17.8. The van der Waals surface area contributed by atoms with E-state index in [0.717, 1.165) is 17.1 Å². The summed E-state index contributed by atoms with van der Waals surface area (Å²) in [6.45, 7) is 0.100. The summed E-state index contributed by atoms with van der Waals surface area (Å²) >= 11 is 10.9. The summed E-state index contributed by atoms with van der Waals surface area (Å²) in [6.07, 6.45) is 0. The van der Waals surface area contributed by atoms with Gasteiger partial charge in [0, 0.05) is 16.4 Å². The van der Waals surface area contributed by atoms with E-state index in [1.165, 1.54) is 0 Å². The molecule has 0 unspecified atom stereocenters. The minimum Gasteiger partial charge on any atom is -0.497 e. The molecule has 2 aromatic carbocycles. The van der Waals surface area contributed by atoms with E-state index in [0.29, 0.717) is 5.02 Å². The van der Waals surface area contributed by atoms with Crippen LogP contribution in [0.25, 0.3) is 0 Å². The van der Waals surface area contributed by atoms with E-state index in [9.17, 15) is 4.79 Å². The van der Waals surface area contributed by atoms with Crippen molar-refractivity contribution in [3.63, 3.8) is 0 Å². The number of methoxy groups -OCH3 is 1. The fourth-order valence-corrected chi connectivity index (χ4v) is 2.05. The maximum atomic E-state index is 11.8. The van der Waals surface area contributed by atoms with Crippen LogP contribution in [0.1, 0.15) is 0 Å². The summed E-state index contributed by atoms with van der Waals surface area (Å²) in [5, 5.41) is 6.82. The standard InChI is InChI=1S/C16H17ClN4O2S/c1-23-14-8-6-12(7-9-14)18-10-15(22)20-21-16(24)19-13-4-2-11(17)3-5-13/h2-9,18H,10H2,1H3,(H,20,22)(H2,19,21,24). The van der Waals surface area contributed by atoms with Crippen LogP contribution in [0.5, 0.6) is 5.75 Å². The van der Waals surface area contributed by atoms with Gasteiger partial charge in [-0.2, -0.15) is 0 Å². The van der Waals surface area contributed by atoms with Crippen molar-refractivity contribution in [3.05, 3.63) is 53.6 Å². The Bertz CT molecular complexity index is 692. The van der Waals surface area contributed by atoms with E-state index in [-0.39, 0.29) is 17.6 Å². The first-order valence-corrected chi connectivity index (χ1v) is 7.85. The van der Waals surface area contributed by atoms with E-state index in [1.807, 2.05) is 24.3 Å². The highest BCUT2D eigenvalue weighted by Gasteiger charge is 2.03.